The Hall–Kier alpha value is -0.610. The van der Waals surface area contributed by atoms with Crippen LogP contribution in [0.3, 0.4) is 0 Å². The van der Waals surface area contributed by atoms with E-state index in [0.717, 1.165) is 19.5 Å². The fraction of sp³-hybridized carbons (Fsp3) is 0.933. The minimum Gasteiger partial charge on any atom is -0.380 e. The molecule has 4 heteroatoms. The van der Waals surface area contributed by atoms with E-state index in [1.807, 2.05) is 13.8 Å². The lowest BCUT2D eigenvalue weighted by molar-refractivity contribution is -0.122. The fourth-order valence-corrected chi connectivity index (χ4v) is 1.38. The van der Waals surface area contributed by atoms with Crippen molar-refractivity contribution in [2.24, 2.45) is 0 Å². The smallest absolute Gasteiger partial charge is 0.222 e. The lowest BCUT2D eigenvalue weighted by Gasteiger charge is -2.08. The molecule has 19 heavy (non-hydrogen) atoms. The third-order valence-corrected chi connectivity index (χ3v) is 2.37. The molecule has 4 nitrogen and oxygen atoms in total. The van der Waals surface area contributed by atoms with Gasteiger partial charge in [-0.3, -0.25) is 4.79 Å². The molecule has 0 rings (SSSR count). The molecule has 0 saturated carbocycles. The molecule has 0 aliphatic rings. The Labute approximate surface area is 119 Å². The summed E-state index contributed by atoms with van der Waals surface area (Å²) in [5.41, 5.74) is 0. The fourth-order valence-electron chi connectivity index (χ4n) is 1.38. The minimum atomic E-state index is 0.0953. The molecule has 2 N–H and O–H groups in total. The molecular weight excluding hydrogens is 240 g/mol. The Balaban J connectivity index is 0. The number of carbonyl (C=O) groups is 1. The average Bonchev–Trinajstić information content (AvgIpc) is 2.41. The van der Waals surface area contributed by atoms with Crippen molar-refractivity contribution in [1.29, 1.82) is 0 Å². The molecule has 0 aromatic carbocycles. The Morgan fingerprint density at radius 2 is 1.79 bits per heavy atom. The van der Waals surface area contributed by atoms with Crippen molar-refractivity contribution >= 4 is 5.91 Å². The lowest BCUT2D eigenvalue weighted by atomic mass is 10.2. The number of nitrogens with one attached hydrogen (secondary N) is 2. The largest absolute Gasteiger partial charge is 0.380 e. The van der Waals surface area contributed by atoms with Gasteiger partial charge < -0.3 is 15.4 Å². The van der Waals surface area contributed by atoms with Crippen LogP contribution in [0.1, 0.15) is 60.3 Å². The number of hydrogen-bond donors (Lipinski definition) is 2. The van der Waals surface area contributed by atoms with Gasteiger partial charge in [-0.2, -0.15) is 0 Å². The van der Waals surface area contributed by atoms with E-state index in [9.17, 15) is 4.79 Å². The zero-order valence-corrected chi connectivity index (χ0v) is 13.6. The summed E-state index contributed by atoms with van der Waals surface area (Å²) in [6.45, 7) is 13.2. The third kappa shape index (κ3) is 19.9. The molecule has 0 bridgehead atoms. The monoisotopic (exact) mass is 274 g/mol. The van der Waals surface area contributed by atoms with Gasteiger partial charge in [-0.15, -0.1) is 0 Å². The number of hydrogen-bond acceptors (Lipinski definition) is 3. The summed E-state index contributed by atoms with van der Waals surface area (Å²) in [5, 5.41) is 6.15. The zero-order chi connectivity index (χ0) is 14.9. The zero-order valence-electron chi connectivity index (χ0n) is 13.6. The standard InChI is InChI=1S/C13H28N2O2.C2H6/c1-4-5-6-8-15-13(16)7-10-17-11-9-14-12(2)3;1-2/h12,14H,4-11H2,1-3H3,(H,15,16);1-2H3. The maximum absolute atomic E-state index is 11.3. The minimum absolute atomic E-state index is 0.0953. The van der Waals surface area contributed by atoms with Gasteiger partial charge in [0.2, 0.25) is 5.91 Å². The van der Waals surface area contributed by atoms with Gasteiger partial charge in [0.05, 0.1) is 13.2 Å². The molecule has 0 aromatic heterocycles. The second-order valence-corrected chi connectivity index (χ2v) is 4.53. The first-order valence-electron chi connectivity index (χ1n) is 7.74. The average molecular weight is 274 g/mol. The van der Waals surface area contributed by atoms with E-state index in [1.165, 1.54) is 12.8 Å². The molecule has 0 radical (unpaired) electrons. The summed E-state index contributed by atoms with van der Waals surface area (Å²) in [4.78, 5) is 11.3. The number of rotatable bonds is 11. The van der Waals surface area contributed by atoms with Crippen LogP contribution in [0.25, 0.3) is 0 Å². The Kier molecular flexibility index (Phi) is 18.9. The van der Waals surface area contributed by atoms with Gasteiger partial charge in [0.25, 0.3) is 0 Å². The highest BCUT2D eigenvalue weighted by molar-refractivity contribution is 5.75. The maximum Gasteiger partial charge on any atom is 0.222 e. The molecule has 0 unspecified atom stereocenters. The Morgan fingerprint density at radius 1 is 1.11 bits per heavy atom. The molecular formula is C15H34N2O2. The van der Waals surface area contributed by atoms with Crippen LogP contribution in [0.15, 0.2) is 0 Å². The van der Waals surface area contributed by atoms with Crippen LogP contribution in [0, 0.1) is 0 Å². The van der Waals surface area contributed by atoms with Gasteiger partial charge in [0.1, 0.15) is 0 Å². The van der Waals surface area contributed by atoms with Crippen molar-refractivity contribution in [1.82, 2.24) is 10.6 Å². The highest BCUT2D eigenvalue weighted by atomic mass is 16.5. The summed E-state index contributed by atoms with van der Waals surface area (Å²) in [6, 6.07) is 0.487. The second-order valence-electron chi connectivity index (χ2n) is 4.53. The molecule has 0 atom stereocenters. The molecule has 0 fully saturated rings. The summed E-state index contributed by atoms with van der Waals surface area (Å²) in [5.74, 6) is 0.0953. The van der Waals surface area contributed by atoms with Crippen molar-refractivity contribution in [3.05, 3.63) is 0 Å². The molecule has 0 aromatic rings. The van der Waals surface area contributed by atoms with E-state index in [4.69, 9.17) is 4.74 Å². The van der Waals surface area contributed by atoms with Crippen LogP contribution in [0.4, 0.5) is 0 Å². The first kappa shape index (κ1) is 20.7. The summed E-state index contributed by atoms with van der Waals surface area (Å²) in [7, 11) is 0. The van der Waals surface area contributed by atoms with Crippen molar-refractivity contribution in [3.63, 3.8) is 0 Å². The van der Waals surface area contributed by atoms with E-state index in [0.29, 0.717) is 25.7 Å². The number of carbonyl (C=O) groups excluding carboxylic acids is 1. The first-order chi connectivity index (χ1) is 9.16. The topological polar surface area (TPSA) is 50.4 Å². The van der Waals surface area contributed by atoms with Crippen molar-refractivity contribution in [2.45, 2.75) is 66.3 Å². The van der Waals surface area contributed by atoms with Crippen molar-refractivity contribution in [3.8, 4) is 0 Å². The van der Waals surface area contributed by atoms with Gasteiger partial charge in [-0.25, -0.2) is 0 Å². The van der Waals surface area contributed by atoms with E-state index in [2.05, 4.69) is 31.4 Å². The van der Waals surface area contributed by atoms with Crippen LogP contribution < -0.4 is 10.6 Å². The van der Waals surface area contributed by atoms with Gasteiger partial charge in [-0.1, -0.05) is 47.5 Å². The SMILES string of the molecule is CC.CCCCCNC(=O)CCOCCNC(C)C. The van der Waals surface area contributed by atoms with E-state index >= 15 is 0 Å². The molecule has 0 aliphatic carbocycles. The predicted octanol–water partition coefficient (Wildman–Crippen LogP) is 2.72. The van der Waals surface area contributed by atoms with Crippen LogP contribution in [0.2, 0.25) is 0 Å². The molecule has 1 amide bonds. The van der Waals surface area contributed by atoms with Gasteiger partial charge in [0, 0.05) is 25.6 Å². The highest BCUT2D eigenvalue weighted by Crippen LogP contribution is 1.91. The van der Waals surface area contributed by atoms with Crippen molar-refractivity contribution < 1.29 is 9.53 Å². The highest BCUT2D eigenvalue weighted by Gasteiger charge is 2.00. The summed E-state index contributed by atoms with van der Waals surface area (Å²) >= 11 is 0. The number of ether oxygens (including phenoxy) is 1. The molecule has 116 valence electrons. The lowest BCUT2D eigenvalue weighted by Crippen LogP contribution is -2.28. The van der Waals surface area contributed by atoms with Crippen LogP contribution in [0.5, 0.6) is 0 Å². The number of unbranched alkanes of at least 4 members (excludes halogenated alkanes) is 2. The van der Waals surface area contributed by atoms with E-state index in [1.54, 1.807) is 0 Å². The molecule has 0 spiro atoms. The van der Waals surface area contributed by atoms with E-state index < -0.39 is 0 Å². The third-order valence-electron chi connectivity index (χ3n) is 2.37. The summed E-state index contributed by atoms with van der Waals surface area (Å²) < 4.78 is 5.36. The van der Waals surface area contributed by atoms with Gasteiger partial charge in [-0.05, 0) is 6.42 Å². The molecule has 0 saturated heterocycles. The van der Waals surface area contributed by atoms with E-state index in [-0.39, 0.29) is 5.91 Å². The van der Waals surface area contributed by atoms with Crippen LogP contribution in [-0.2, 0) is 9.53 Å². The second kappa shape index (κ2) is 17.4. The van der Waals surface area contributed by atoms with Gasteiger partial charge in [0.15, 0.2) is 0 Å². The normalized spacial score (nSPS) is 10.0. The Bertz CT molecular complexity index is 185. The molecule has 0 aliphatic heterocycles. The van der Waals surface area contributed by atoms with Crippen LogP contribution in [-0.4, -0.2) is 38.3 Å². The molecule has 0 heterocycles. The number of amides is 1. The predicted molar refractivity (Wildman–Crippen MR) is 82.5 cm³/mol. The summed E-state index contributed by atoms with van der Waals surface area (Å²) in [6.07, 6.45) is 3.90. The van der Waals surface area contributed by atoms with Gasteiger partial charge >= 0.3 is 0 Å². The first-order valence-corrected chi connectivity index (χ1v) is 7.74. The maximum atomic E-state index is 11.3. The Morgan fingerprint density at radius 3 is 2.37 bits per heavy atom. The quantitative estimate of drug-likeness (QED) is 0.570. The van der Waals surface area contributed by atoms with Crippen LogP contribution >= 0.6 is 0 Å². The van der Waals surface area contributed by atoms with Crippen molar-refractivity contribution in [2.75, 3.05) is 26.3 Å².